The smallest absolute Gasteiger partial charge is 0.307 e. The van der Waals surface area contributed by atoms with Crippen LogP contribution >= 0.6 is 15.9 Å². The standard InChI is InChI=1S/C13H14BrFO3/c1-8(4-5-16)11(13(17)18)6-9-2-3-10(14)7-12(9)15/h2-3,5,7-8,11H,4,6H2,1H3,(H,17,18). The number of hydrogen-bond donors (Lipinski definition) is 1. The van der Waals surface area contributed by atoms with Crippen molar-refractivity contribution in [2.45, 2.75) is 19.8 Å². The van der Waals surface area contributed by atoms with Crippen LogP contribution in [-0.2, 0) is 16.0 Å². The van der Waals surface area contributed by atoms with Gasteiger partial charge in [-0.25, -0.2) is 4.39 Å². The minimum atomic E-state index is -1.01. The summed E-state index contributed by atoms with van der Waals surface area (Å²) < 4.78 is 14.2. The van der Waals surface area contributed by atoms with Crippen LogP contribution in [0.2, 0.25) is 0 Å². The molecule has 3 nitrogen and oxygen atoms in total. The Kier molecular flexibility index (Phi) is 5.47. The van der Waals surface area contributed by atoms with E-state index in [4.69, 9.17) is 5.11 Å². The van der Waals surface area contributed by atoms with Crippen LogP contribution in [-0.4, -0.2) is 17.4 Å². The van der Waals surface area contributed by atoms with Crippen molar-refractivity contribution in [1.29, 1.82) is 0 Å². The summed E-state index contributed by atoms with van der Waals surface area (Å²) >= 11 is 3.14. The van der Waals surface area contributed by atoms with Crippen LogP contribution in [0.25, 0.3) is 0 Å². The lowest BCUT2D eigenvalue weighted by Gasteiger charge is -2.18. The molecule has 2 unspecified atom stereocenters. The Morgan fingerprint density at radius 1 is 1.56 bits per heavy atom. The molecule has 1 rings (SSSR count). The number of aliphatic carboxylic acids is 1. The molecule has 2 atom stereocenters. The van der Waals surface area contributed by atoms with Crippen LogP contribution in [0.15, 0.2) is 22.7 Å². The molecule has 1 aromatic carbocycles. The maximum absolute atomic E-state index is 13.6. The van der Waals surface area contributed by atoms with Gasteiger partial charge in [0.15, 0.2) is 0 Å². The fraction of sp³-hybridized carbons (Fsp3) is 0.385. The quantitative estimate of drug-likeness (QED) is 0.821. The van der Waals surface area contributed by atoms with Crippen LogP contribution < -0.4 is 0 Å². The van der Waals surface area contributed by atoms with E-state index in [-0.39, 0.29) is 18.8 Å². The van der Waals surface area contributed by atoms with E-state index < -0.39 is 17.7 Å². The monoisotopic (exact) mass is 316 g/mol. The van der Waals surface area contributed by atoms with Gasteiger partial charge >= 0.3 is 5.97 Å². The van der Waals surface area contributed by atoms with Crippen molar-refractivity contribution >= 4 is 28.2 Å². The first kappa shape index (κ1) is 14.8. The van der Waals surface area contributed by atoms with Gasteiger partial charge < -0.3 is 9.90 Å². The summed E-state index contributed by atoms with van der Waals surface area (Å²) in [6, 6.07) is 4.53. The van der Waals surface area contributed by atoms with E-state index in [2.05, 4.69) is 15.9 Å². The lowest BCUT2D eigenvalue weighted by Crippen LogP contribution is -2.24. The fourth-order valence-electron chi connectivity index (χ4n) is 1.77. The topological polar surface area (TPSA) is 54.4 Å². The van der Waals surface area contributed by atoms with Crippen LogP contribution in [0.3, 0.4) is 0 Å². The Labute approximate surface area is 113 Å². The molecular weight excluding hydrogens is 303 g/mol. The molecule has 18 heavy (non-hydrogen) atoms. The highest BCUT2D eigenvalue weighted by Crippen LogP contribution is 2.23. The summed E-state index contributed by atoms with van der Waals surface area (Å²) in [6.07, 6.45) is 0.942. The van der Waals surface area contributed by atoms with Gasteiger partial charge in [-0.2, -0.15) is 0 Å². The molecule has 1 aromatic rings. The zero-order chi connectivity index (χ0) is 13.7. The van der Waals surface area contributed by atoms with Gasteiger partial charge in [0.05, 0.1) is 5.92 Å². The second kappa shape index (κ2) is 6.64. The highest BCUT2D eigenvalue weighted by Gasteiger charge is 2.25. The number of carboxylic acids is 1. The van der Waals surface area contributed by atoms with Crippen molar-refractivity contribution in [3.8, 4) is 0 Å². The van der Waals surface area contributed by atoms with Crippen molar-refractivity contribution in [3.05, 3.63) is 34.1 Å². The minimum absolute atomic E-state index is 0.0868. The molecule has 5 heteroatoms. The number of halogens is 2. The third-order valence-corrected chi connectivity index (χ3v) is 3.42. The summed E-state index contributed by atoms with van der Waals surface area (Å²) in [6.45, 7) is 1.68. The van der Waals surface area contributed by atoms with E-state index in [1.165, 1.54) is 6.07 Å². The minimum Gasteiger partial charge on any atom is -0.481 e. The zero-order valence-electron chi connectivity index (χ0n) is 9.90. The van der Waals surface area contributed by atoms with Gasteiger partial charge in [0, 0.05) is 10.9 Å². The van der Waals surface area contributed by atoms with Gasteiger partial charge in [0.25, 0.3) is 0 Å². The second-order valence-corrected chi connectivity index (χ2v) is 5.18. The average Bonchev–Trinajstić information content (AvgIpc) is 2.27. The summed E-state index contributed by atoms with van der Waals surface area (Å²) in [4.78, 5) is 21.6. The number of carboxylic acid groups (broad SMARTS) is 1. The summed E-state index contributed by atoms with van der Waals surface area (Å²) in [5.41, 5.74) is 0.350. The van der Waals surface area contributed by atoms with E-state index in [0.717, 1.165) is 0 Å². The molecule has 0 aromatic heterocycles. The van der Waals surface area contributed by atoms with E-state index >= 15 is 0 Å². The average molecular weight is 317 g/mol. The first-order valence-electron chi connectivity index (χ1n) is 5.56. The molecular formula is C13H14BrFO3. The predicted octanol–water partition coefficient (Wildman–Crippen LogP) is 3.06. The Balaban J connectivity index is 2.89. The van der Waals surface area contributed by atoms with E-state index in [1.807, 2.05) is 0 Å². The second-order valence-electron chi connectivity index (χ2n) is 4.26. The summed E-state index contributed by atoms with van der Waals surface area (Å²) in [7, 11) is 0. The molecule has 0 bridgehead atoms. The van der Waals surface area contributed by atoms with Gasteiger partial charge in [0.1, 0.15) is 12.1 Å². The molecule has 0 amide bonds. The lowest BCUT2D eigenvalue weighted by molar-refractivity contribution is -0.143. The number of hydrogen-bond acceptors (Lipinski definition) is 2. The SMILES string of the molecule is CC(CC=O)C(Cc1ccc(Br)cc1F)C(=O)O. The molecule has 0 aliphatic heterocycles. The molecule has 98 valence electrons. The van der Waals surface area contributed by atoms with Gasteiger partial charge in [-0.05, 0) is 30.0 Å². The Bertz CT molecular complexity index is 448. The van der Waals surface area contributed by atoms with Crippen molar-refractivity contribution in [3.63, 3.8) is 0 Å². The maximum Gasteiger partial charge on any atom is 0.307 e. The predicted molar refractivity (Wildman–Crippen MR) is 68.8 cm³/mol. The molecule has 0 saturated carbocycles. The van der Waals surface area contributed by atoms with Crippen LogP contribution in [0.5, 0.6) is 0 Å². The number of benzene rings is 1. The molecule has 0 spiro atoms. The number of carbonyl (C=O) groups excluding carboxylic acids is 1. The number of carbonyl (C=O) groups is 2. The van der Waals surface area contributed by atoms with E-state index in [1.54, 1.807) is 19.1 Å². The number of aldehydes is 1. The van der Waals surface area contributed by atoms with E-state index in [9.17, 15) is 14.0 Å². The van der Waals surface area contributed by atoms with Gasteiger partial charge in [0.2, 0.25) is 0 Å². The van der Waals surface area contributed by atoms with Crippen molar-refractivity contribution < 1.29 is 19.1 Å². The number of rotatable bonds is 6. The zero-order valence-corrected chi connectivity index (χ0v) is 11.5. The van der Waals surface area contributed by atoms with Crippen molar-refractivity contribution in [1.82, 2.24) is 0 Å². The summed E-state index contributed by atoms with van der Waals surface area (Å²) in [5.74, 6) is -2.52. The molecule has 0 aliphatic carbocycles. The molecule has 0 aliphatic rings. The highest BCUT2D eigenvalue weighted by molar-refractivity contribution is 9.10. The molecule has 0 fully saturated rings. The Morgan fingerprint density at radius 3 is 2.72 bits per heavy atom. The van der Waals surface area contributed by atoms with Gasteiger partial charge in [-0.1, -0.05) is 28.9 Å². The molecule has 1 N–H and O–H groups in total. The Morgan fingerprint density at radius 2 is 2.22 bits per heavy atom. The molecule has 0 radical (unpaired) electrons. The third-order valence-electron chi connectivity index (χ3n) is 2.93. The largest absolute Gasteiger partial charge is 0.481 e. The molecule has 0 saturated heterocycles. The van der Waals surface area contributed by atoms with Crippen LogP contribution in [0.4, 0.5) is 4.39 Å². The molecule has 0 heterocycles. The first-order valence-corrected chi connectivity index (χ1v) is 6.35. The maximum atomic E-state index is 13.6. The van der Waals surface area contributed by atoms with E-state index in [0.29, 0.717) is 16.3 Å². The first-order chi connectivity index (χ1) is 8.45. The van der Waals surface area contributed by atoms with Crippen molar-refractivity contribution in [2.24, 2.45) is 11.8 Å². The Hall–Kier alpha value is -1.23. The van der Waals surface area contributed by atoms with Crippen LogP contribution in [0, 0.1) is 17.7 Å². The van der Waals surface area contributed by atoms with Crippen molar-refractivity contribution in [2.75, 3.05) is 0 Å². The highest BCUT2D eigenvalue weighted by atomic mass is 79.9. The van der Waals surface area contributed by atoms with Gasteiger partial charge in [-0.15, -0.1) is 0 Å². The lowest BCUT2D eigenvalue weighted by atomic mass is 9.86. The third kappa shape index (κ3) is 3.91. The fourth-order valence-corrected chi connectivity index (χ4v) is 2.11. The summed E-state index contributed by atoms with van der Waals surface area (Å²) in [5, 5.41) is 9.13. The van der Waals surface area contributed by atoms with Crippen LogP contribution in [0.1, 0.15) is 18.9 Å². The normalized spacial score (nSPS) is 13.9. The van der Waals surface area contributed by atoms with Gasteiger partial charge in [-0.3, -0.25) is 4.79 Å².